The second-order valence-corrected chi connectivity index (χ2v) is 4.27. The van der Waals surface area contributed by atoms with Crippen molar-refractivity contribution in [1.82, 2.24) is 0 Å². The lowest BCUT2D eigenvalue weighted by Gasteiger charge is -2.16. The maximum Gasteiger partial charge on any atom is 0.163 e. The summed E-state index contributed by atoms with van der Waals surface area (Å²) in [5, 5.41) is 2.78. The molecule has 0 fully saturated rings. The van der Waals surface area contributed by atoms with Crippen LogP contribution < -0.4 is 0 Å². The largest absolute Gasteiger partial charge is 0.294 e. The van der Waals surface area contributed by atoms with Crippen LogP contribution in [0.25, 0.3) is 10.8 Å². The second kappa shape index (κ2) is 3.07. The van der Waals surface area contributed by atoms with Crippen molar-refractivity contribution in [1.29, 1.82) is 0 Å². The van der Waals surface area contributed by atoms with Gasteiger partial charge in [-0.3, -0.25) is 4.79 Å². The second-order valence-electron chi connectivity index (χ2n) is 3.86. The highest BCUT2D eigenvalue weighted by molar-refractivity contribution is 6.36. The third-order valence-electron chi connectivity index (χ3n) is 3.00. The van der Waals surface area contributed by atoms with E-state index in [1.807, 2.05) is 24.3 Å². The molecule has 1 nitrogen and oxygen atoms in total. The molecule has 2 aromatic carbocycles. The molecule has 0 radical (unpaired) electrons. The first-order valence-electron chi connectivity index (χ1n) is 5.00. The number of ketones is 1. The van der Waals surface area contributed by atoms with Gasteiger partial charge in [-0.1, -0.05) is 29.8 Å². The summed E-state index contributed by atoms with van der Waals surface area (Å²) in [6.07, 6.45) is 1.46. The molecule has 0 aromatic heterocycles. The van der Waals surface area contributed by atoms with Gasteiger partial charge in [0.25, 0.3) is 0 Å². The molecule has 0 aliphatic heterocycles. The fraction of sp³-hybridized carbons (Fsp3) is 0.154. The lowest BCUT2D eigenvalue weighted by Crippen LogP contribution is -2.09. The molecule has 2 aromatic rings. The Kier molecular flexibility index (Phi) is 1.83. The van der Waals surface area contributed by atoms with E-state index >= 15 is 0 Å². The fourth-order valence-electron chi connectivity index (χ4n) is 2.27. The fourth-order valence-corrected chi connectivity index (χ4v) is 2.49. The molecule has 15 heavy (non-hydrogen) atoms. The Morgan fingerprint density at radius 1 is 1.07 bits per heavy atom. The molecule has 74 valence electrons. The normalized spacial score (nSPS) is 14.6. The first-order chi connectivity index (χ1) is 7.27. The van der Waals surface area contributed by atoms with Gasteiger partial charge in [-0.05, 0) is 29.5 Å². The molecule has 2 heteroatoms. The van der Waals surface area contributed by atoms with Crippen molar-refractivity contribution >= 4 is 28.2 Å². The monoisotopic (exact) mass is 216 g/mol. The Morgan fingerprint density at radius 2 is 1.93 bits per heavy atom. The van der Waals surface area contributed by atoms with Gasteiger partial charge in [0.1, 0.15) is 0 Å². The zero-order valence-electron chi connectivity index (χ0n) is 8.09. The predicted molar refractivity (Wildman–Crippen MR) is 61.6 cm³/mol. The Labute approximate surface area is 92.7 Å². The minimum absolute atomic E-state index is 0.232. The molecule has 0 heterocycles. The van der Waals surface area contributed by atoms with Gasteiger partial charge in [0.15, 0.2) is 5.78 Å². The average Bonchev–Trinajstić information content (AvgIpc) is 2.26. The van der Waals surface area contributed by atoms with Crippen LogP contribution in [-0.4, -0.2) is 5.78 Å². The van der Waals surface area contributed by atoms with Crippen molar-refractivity contribution in [3.8, 4) is 0 Å². The molecule has 0 spiro atoms. The van der Waals surface area contributed by atoms with Crippen molar-refractivity contribution in [3.05, 3.63) is 46.5 Å². The molecular weight excluding hydrogens is 208 g/mol. The quantitative estimate of drug-likeness (QED) is 0.657. The number of carbonyl (C=O) groups excluding carboxylic acids is 1. The maximum atomic E-state index is 11.7. The zero-order chi connectivity index (χ0) is 10.4. The number of Topliss-reactive ketones (excluding diaryl/α,β-unsaturated/α-hetero) is 1. The van der Waals surface area contributed by atoms with Gasteiger partial charge < -0.3 is 0 Å². The molecule has 1 aliphatic rings. The topological polar surface area (TPSA) is 17.1 Å². The maximum absolute atomic E-state index is 11.7. The van der Waals surface area contributed by atoms with Gasteiger partial charge in [0.2, 0.25) is 0 Å². The summed E-state index contributed by atoms with van der Waals surface area (Å²) in [6.45, 7) is 0. The summed E-state index contributed by atoms with van der Waals surface area (Å²) in [6, 6.07) is 9.71. The van der Waals surface area contributed by atoms with E-state index in [0.29, 0.717) is 6.42 Å². The van der Waals surface area contributed by atoms with Gasteiger partial charge in [-0.25, -0.2) is 0 Å². The van der Waals surface area contributed by atoms with Crippen LogP contribution in [0.3, 0.4) is 0 Å². The SMILES string of the molecule is O=C1CCc2cccc3c(Cl)ccc1c23. The Morgan fingerprint density at radius 3 is 2.80 bits per heavy atom. The van der Waals surface area contributed by atoms with Gasteiger partial charge in [0.05, 0.1) is 0 Å². The Bertz CT molecular complexity index is 572. The molecule has 3 rings (SSSR count). The molecule has 0 N–H and O–H groups in total. The van der Waals surface area contributed by atoms with Crippen LogP contribution in [0.2, 0.25) is 5.02 Å². The van der Waals surface area contributed by atoms with E-state index in [-0.39, 0.29) is 5.78 Å². The lowest BCUT2D eigenvalue weighted by molar-refractivity contribution is 0.0982. The molecule has 1 aliphatic carbocycles. The summed E-state index contributed by atoms with van der Waals surface area (Å²) in [7, 11) is 0. The van der Waals surface area contributed by atoms with Crippen molar-refractivity contribution in [2.75, 3.05) is 0 Å². The highest BCUT2D eigenvalue weighted by Gasteiger charge is 2.19. The van der Waals surface area contributed by atoms with Gasteiger partial charge in [0, 0.05) is 22.4 Å². The van der Waals surface area contributed by atoms with E-state index in [9.17, 15) is 4.79 Å². The third kappa shape index (κ3) is 1.20. The number of benzene rings is 2. The molecule has 0 atom stereocenters. The summed E-state index contributed by atoms with van der Waals surface area (Å²) in [5.41, 5.74) is 2.07. The van der Waals surface area contributed by atoms with Crippen LogP contribution in [0.15, 0.2) is 30.3 Å². The van der Waals surface area contributed by atoms with Gasteiger partial charge >= 0.3 is 0 Å². The number of hydrogen-bond acceptors (Lipinski definition) is 1. The Hall–Kier alpha value is -1.34. The van der Waals surface area contributed by atoms with Gasteiger partial charge in [-0.15, -0.1) is 0 Å². The molecule has 0 unspecified atom stereocenters. The first kappa shape index (κ1) is 8.93. The smallest absolute Gasteiger partial charge is 0.163 e. The number of hydrogen-bond donors (Lipinski definition) is 0. The van der Waals surface area contributed by atoms with Crippen molar-refractivity contribution < 1.29 is 4.79 Å². The number of rotatable bonds is 0. The van der Waals surface area contributed by atoms with Crippen LogP contribution in [0.4, 0.5) is 0 Å². The molecule has 0 saturated heterocycles. The van der Waals surface area contributed by atoms with E-state index in [2.05, 4.69) is 6.07 Å². The number of carbonyl (C=O) groups is 1. The van der Waals surface area contributed by atoms with Crippen molar-refractivity contribution in [2.24, 2.45) is 0 Å². The minimum atomic E-state index is 0.232. The average molecular weight is 217 g/mol. The van der Waals surface area contributed by atoms with Gasteiger partial charge in [-0.2, -0.15) is 0 Å². The van der Waals surface area contributed by atoms with Crippen LogP contribution in [0, 0.1) is 0 Å². The lowest BCUT2D eigenvalue weighted by atomic mass is 9.88. The molecular formula is C13H9ClO. The number of aryl methyl sites for hydroxylation is 1. The predicted octanol–water partition coefficient (Wildman–Crippen LogP) is 3.62. The standard InChI is InChI=1S/C13H9ClO/c14-11-6-5-10-12(15)7-4-8-2-1-3-9(11)13(8)10/h1-3,5-6H,4,7H2. The molecule has 0 saturated carbocycles. The van der Waals surface area contributed by atoms with E-state index in [1.54, 1.807) is 0 Å². The van der Waals surface area contributed by atoms with Crippen LogP contribution in [0.5, 0.6) is 0 Å². The molecule has 0 bridgehead atoms. The highest BCUT2D eigenvalue weighted by atomic mass is 35.5. The van der Waals surface area contributed by atoms with E-state index in [4.69, 9.17) is 11.6 Å². The molecule has 0 amide bonds. The van der Waals surface area contributed by atoms with Crippen LogP contribution >= 0.6 is 11.6 Å². The van der Waals surface area contributed by atoms with Crippen molar-refractivity contribution in [3.63, 3.8) is 0 Å². The highest BCUT2D eigenvalue weighted by Crippen LogP contribution is 2.33. The van der Waals surface area contributed by atoms with E-state index in [1.165, 1.54) is 5.56 Å². The Balaban J connectivity index is 2.54. The third-order valence-corrected chi connectivity index (χ3v) is 3.33. The summed E-state index contributed by atoms with van der Waals surface area (Å²) >= 11 is 6.12. The van der Waals surface area contributed by atoms with Crippen LogP contribution in [-0.2, 0) is 6.42 Å². The summed E-state index contributed by atoms with van der Waals surface area (Å²) in [5.74, 6) is 0.232. The first-order valence-corrected chi connectivity index (χ1v) is 5.38. The summed E-state index contributed by atoms with van der Waals surface area (Å²) in [4.78, 5) is 11.7. The minimum Gasteiger partial charge on any atom is -0.294 e. The zero-order valence-corrected chi connectivity index (χ0v) is 8.84. The van der Waals surface area contributed by atoms with Crippen molar-refractivity contribution in [2.45, 2.75) is 12.8 Å². The van der Waals surface area contributed by atoms with E-state index in [0.717, 1.165) is 27.8 Å². The van der Waals surface area contributed by atoms with Crippen LogP contribution in [0.1, 0.15) is 22.3 Å². The summed E-state index contributed by atoms with van der Waals surface area (Å²) < 4.78 is 0. The number of halogens is 1. The van der Waals surface area contributed by atoms with E-state index < -0.39 is 0 Å².